The molecule has 0 aliphatic carbocycles. The molecule has 0 N–H and O–H groups in total. The second-order valence-electron chi connectivity index (χ2n) is 2.38. The average molecular weight is 144 g/mol. The second-order valence-corrected chi connectivity index (χ2v) is 2.38. The summed E-state index contributed by atoms with van der Waals surface area (Å²) in [6, 6.07) is 0. The van der Waals surface area contributed by atoms with E-state index in [-0.39, 0.29) is 24.8 Å². The van der Waals surface area contributed by atoms with Crippen molar-refractivity contribution in [2.45, 2.75) is 0 Å². The molecule has 1 fully saturated rings. The molecular weight excluding hydrogens is 133 g/mol. The Balaban J connectivity index is 0. The van der Waals surface area contributed by atoms with Gasteiger partial charge in [0.25, 0.3) is 0 Å². The summed E-state index contributed by atoms with van der Waals surface area (Å²) in [7, 11) is 4.47. The fraction of sp³-hybridized carbons (Fsp3) is 1.00. The van der Waals surface area contributed by atoms with Crippen LogP contribution in [0, 0.1) is 0 Å². The van der Waals surface area contributed by atoms with Gasteiger partial charge in [-0.25, -0.2) is 0 Å². The third-order valence-electron chi connectivity index (χ3n) is 1.12. The summed E-state index contributed by atoms with van der Waals surface area (Å²) in [5.74, 6) is 0. The molecule has 7 heavy (non-hydrogen) atoms. The van der Waals surface area contributed by atoms with Gasteiger partial charge in [-0.15, -0.1) is 12.4 Å². The van der Waals surface area contributed by atoms with Crippen LogP contribution in [0.3, 0.4) is 0 Å². The van der Waals surface area contributed by atoms with Crippen molar-refractivity contribution in [2.24, 2.45) is 0 Å². The summed E-state index contributed by atoms with van der Waals surface area (Å²) in [4.78, 5) is 0. The van der Waals surface area contributed by atoms with Gasteiger partial charge >= 0.3 is 0 Å². The third kappa shape index (κ3) is 4.39. The normalized spacial score (nSPS) is 21.4. The van der Waals surface area contributed by atoms with Crippen molar-refractivity contribution in [1.82, 2.24) is 0 Å². The predicted molar refractivity (Wildman–Crippen MR) is 29.1 cm³/mol. The lowest BCUT2D eigenvalue weighted by Crippen LogP contribution is -3.00. The van der Waals surface area contributed by atoms with Crippen LogP contribution >= 0.6 is 12.4 Å². The molecule has 0 unspecified atom stereocenters. The maximum absolute atomic E-state index is 2.24. The second kappa shape index (κ2) is 2.75. The van der Waals surface area contributed by atoms with Crippen molar-refractivity contribution in [3.8, 4) is 0 Å². The number of hydrogen-bond donors (Lipinski definition) is 0. The lowest BCUT2D eigenvalue weighted by atomic mass is 11.0. The smallest absolute Gasteiger partial charge is 0.128 e. The Morgan fingerprint density at radius 2 is 1.29 bits per heavy atom. The van der Waals surface area contributed by atoms with E-state index in [0.717, 1.165) is 0 Å². The molecule has 1 saturated heterocycles. The van der Waals surface area contributed by atoms with E-state index in [1.54, 1.807) is 0 Å². The van der Waals surface area contributed by atoms with Crippen LogP contribution in [0.2, 0.25) is 0 Å². The highest BCUT2D eigenvalue weighted by Gasteiger charge is 2.30. The number of hydrogen-bond acceptors (Lipinski definition) is 0. The monoisotopic (exact) mass is 143 g/mol. The molecule has 0 aromatic heterocycles. The van der Waals surface area contributed by atoms with Crippen LogP contribution in [0.4, 0.5) is 0 Å². The van der Waals surface area contributed by atoms with Gasteiger partial charge in [-0.3, -0.25) is 0 Å². The molecule has 1 aliphatic heterocycles. The van der Waals surface area contributed by atoms with Crippen molar-refractivity contribution >= 4 is 12.4 Å². The molecule has 0 amide bonds. The van der Waals surface area contributed by atoms with Crippen molar-refractivity contribution in [1.29, 1.82) is 0 Å². The van der Waals surface area contributed by atoms with Crippen LogP contribution in [0.15, 0.2) is 0 Å². The average Bonchev–Trinajstić information content (AvgIpc) is 1.76. The fourth-order valence-electron chi connectivity index (χ4n) is 0.200. The van der Waals surface area contributed by atoms with E-state index in [4.69, 9.17) is 0 Å². The summed E-state index contributed by atoms with van der Waals surface area (Å²) in [5.41, 5.74) is 0. The minimum absolute atomic E-state index is 0. The summed E-state index contributed by atoms with van der Waals surface area (Å²) >= 11 is 0. The third-order valence-corrected chi connectivity index (χ3v) is 1.12. The molecule has 0 spiro atoms. The van der Waals surface area contributed by atoms with Crippen molar-refractivity contribution in [3.05, 3.63) is 0 Å². The van der Waals surface area contributed by atoms with Crippen LogP contribution in [-0.2, 0) is 0 Å². The van der Waals surface area contributed by atoms with E-state index in [1.165, 1.54) is 17.6 Å². The highest BCUT2D eigenvalue weighted by atomic mass is 35.5. The molecule has 0 radical (unpaired) electrons. The number of likely N-dealkylation sites (N-methyl/N-ethyl adjacent to an activating group) is 1. The van der Waals surface area contributed by atoms with Crippen molar-refractivity contribution < 1.29 is 16.9 Å². The van der Waals surface area contributed by atoms with E-state index in [1.807, 2.05) is 0 Å². The minimum Gasteiger partial charge on any atom is -1.00 e. The number of quaternary nitrogens is 1. The first-order valence-electron chi connectivity index (χ1n) is 2.03. The lowest BCUT2D eigenvalue weighted by Gasteiger charge is -1.95. The molecular formula is C4H11Cl2N. The summed E-state index contributed by atoms with van der Waals surface area (Å²) in [6.45, 7) is 2.78. The van der Waals surface area contributed by atoms with E-state index in [0.29, 0.717) is 0 Å². The molecule has 1 nitrogen and oxygen atoms in total. The molecule has 0 atom stereocenters. The van der Waals surface area contributed by atoms with Crippen LogP contribution in [0.5, 0.6) is 0 Å². The molecule has 0 bridgehead atoms. The topological polar surface area (TPSA) is 0 Å². The molecule has 3 heteroatoms. The molecule has 1 aliphatic rings. The number of nitrogens with zero attached hydrogens (tertiary/aromatic N) is 1. The Bertz CT molecular complexity index is 47.7. The molecule has 46 valence electrons. The highest BCUT2D eigenvalue weighted by Crippen LogP contribution is 2.09. The van der Waals surface area contributed by atoms with Gasteiger partial charge in [0, 0.05) is 0 Å². The first-order valence-corrected chi connectivity index (χ1v) is 2.03. The maximum Gasteiger partial charge on any atom is 0.128 e. The lowest BCUT2D eigenvalue weighted by molar-refractivity contribution is -0.753. The zero-order chi connectivity index (χ0) is 3.91. The number of halogens is 2. The van der Waals surface area contributed by atoms with Crippen LogP contribution in [0.25, 0.3) is 0 Å². The standard InChI is InChI=1S/C4H10N.2ClH/c1-5(2)3-4-5;;/h3-4H2,1-2H3;2*1H/q+1;;/p-1. The first kappa shape index (κ1) is 10.5. The quantitative estimate of drug-likeness (QED) is 0.260. The van der Waals surface area contributed by atoms with Gasteiger partial charge in [0.2, 0.25) is 0 Å². The first-order chi connectivity index (χ1) is 2.21. The van der Waals surface area contributed by atoms with Crippen LogP contribution < -0.4 is 12.4 Å². The van der Waals surface area contributed by atoms with Gasteiger partial charge < -0.3 is 16.9 Å². The summed E-state index contributed by atoms with van der Waals surface area (Å²) < 4.78 is 1.25. The Kier molecular flexibility index (Phi) is 4.13. The van der Waals surface area contributed by atoms with Gasteiger partial charge in [-0.05, 0) is 0 Å². The van der Waals surface area contributed by atoms with E-state index in [2.05, 4.69) is 14.1 Å². The fourth-order valence-corrected chi connectivity index (χ4v) is 0.200. The van der Waals surface area contributed by atoms with Crippen LogP contribution in [0.1, 0.15) is 0 Å². The molecule has 1 rings (SSSR count). The summed E-state index contributed by atoms with van der Waals surface area (Å²) in [6.07, 6.45) is 0. The highest BCUT2D eigenvalue weighted by molar-refractivity contribution is 5.85. The van der Waals surface area contributed by atoms with Gasteiger partial charge in [-0.2, -0.15) is 0 Å². The predicted octanol–water partition coefficient (Wildman–Crippen LogP) is -2.50. The largest absolute Gasteiger partial charge is 1.00 e. The van der Waals surface area contributed by atoms with Gasteiger partial charge in [-0.1, -0.05) is 0 Å². The van der Waals surface area contributed by atoms with Gasteiger partial charge in [0.15, 0.2) is 0 Å². The minimum atomic E-state index is 0. The number of rotatable bonds is 0. The Morgan fingerprint density at radius 3 is 1.29 bits per heavy atom. The SMILES string of the molecule is C[N+]1(C)CC1.Cl.[Cl-]. The molecule has 0 aromatic rings. The molecule has 0 aromatic carbocycles. The zero-order valence-corrected chi connectivity index (χ0v) is 6.22. The van der Waals surface area contributed by atoms with Crippen molar-refractivity contribution in [3.63, 3.8) is 0 Å². The Hall–Kier alpha value is 0.540. The van der Waals surface area contributed by atoms with E-state index in [9.17, 15) is 0 Å². The molecule has 0 saturated carbocycles. The van der Waals surface area contributed by atoms with Gasteiger partial charge in [0.1, 0.15) is 13.1 Å². The van der Waals surface area contributed by atoms with Crippen molar-refractivity contribution in [2.75, 3.05) is 27.2 Å². The van der Waals surface area contributed by atoms with Crippen LogP contribution in [-0.4, -0.2) is 31.7 Å². The summed E-state index contributed by atoms with van der Waals surface area (Å²) in [5, 5.41) is 0. The van der Waals surface area contributed by atoms with E-state index < -0.39 is 0 Å². The van der Waals surface area contributed by atoms with E-state index >= 15 is 0 Å². The Morgan fingerprint density at radius 1 is 1.14 bits per heavy atom. The maximum atomic E-state index is 2.24. The molecule has 1 heterocycles. The Labute approximate surface area is 57.1 Å². The zero-order valence-electron chi connectivity index (χ0n) is 4.65. The van der Waals surface area contributed by atoms with Gasteiger partial charge in [0.05, 0.1) is 14.1 Å².